The summed E-state index contributed by atoms with van der Waals surface area (Å²) in [6, 6.07) is 0. The molecule has 1 amide bonds. The molecule has 0 spiro atoms. The van der Waals surface area contributed by atoms with Crippen LogP contribution in [0.3, 0.4) is 0 Å². The van der Waals surface area contributed by atoms with E-state index >= 15 is 0 Å². The molecule has 1 rings (SSSR count). The number of hydrogen-bond donors (Lipinski definition) is 2. The Labute approximate surface area is 109 Å². The molecule has 1 saturated carbocycles. The number of nitrogens with two attached hydrogens (primary N) is 1. The molecule has 0 heterocycles. The largest absolute Gasteiger partial charge is 0.354 e. The fourth-order valence-electron chi connectivity index (χ4n) is 2.32. The van der Waals surface area contributed by atoms with E-state index in [0.29, 0.717) is 6.54 Å². The molecule has 0 saturated heterocycles. The van der Waals surface area contributed by atoms with Crippen molar-refractivity contribution in [3.05, 3.63) is 0 Å². The van der Waals surface area contributed by atoms with Gasteiger partial charge in [-0.15, -0.1) is 0 Å². The maximum absolute atomic E-state index is 12.1. The van der Waals surface area contributed by atoms with E-state index in [-0.39, 0.29) is 10.7 Å². The van der Waals surface area contributed by atoms with Gasteiger partial charge >= 0.3 is 0 Å². The van der Waals surface area contributed by atoms with Crippen LogP contribution in [0.4, 0.5) is 0 Å². The van der Waals surface area contributed by atoms with Crippen LogP contribution in [0.5, 0.6) is 0 Å². The van der Waals surface area contributed by atoms with E-state index in [4.69, 9.17) is 5.73 Å². The minimum absolute atomic E-state index is 0.114. The van der Waals surface area contributed by atoms with Crippen LogP contribution in [-0.4, -0.2) is 30.0 Å². The van der Waals surface area contributed by atoms with E-state index in [0.717, 1.165) is 13.0 Å². The lowest BCUT2D eigenvalue weighted by atomic mass is 9.86. The van der Waals surface area contributed by atoms with Crippen molar-refractivity contribution in [2.24, 2.45) is 11.1 Å². The van der Waals surface area contributed by atoms with Gasteiger partial charge in [0.25, 0.3) is 0 Å². The first-order valence-corrected chi connectivity index (χ1v) is 7.78. The van der Waals surface area contributed by atoms with Gasteiger partial charge in [-0.2, -0.15) is 11.8 Å². The lowest BCUT2D eigenvalue weighted by Gasteiger charge is -2.31. The molecular formula is C13H26N2OS. The highest BCUT2D eigenvalue weighted by molar-refractivity contribution is 8.00. The molecular weight excluding hydrogens is 232 g/mol. The molecule has 100 valence electrons. The molecule has 0 radical (unpaired) electrons. The number of thioether (sulfide) groups is 1. The van der Waals surface area contributed by atoms with Crippen LogP contribution in [0.1, 0.15) is 46.0 Å². The summed E-state index contributed by atoms with van der Waals surface area (Å²) >= 11 is 1.90. The zero-order valence-electron chi connectivity index (χ0n) is 11.3. The van der Waals surface area contributed by atoms with Crippen LogP contribution >= 0.6 is 11.8 Å². The summed E-state index contributed by atoms with van der Waals surface area (Å²) in [6.45, 7) is 5.18. The van der Waals surface area contributed by atoms with Gasteiger partial charge in [-0.3, -0.25) is 4.79 Å². The normalized spacial score (nSPS) is 22.1. The van der Waals surface area contributed by atoms with Gasteiger partial charge in [0, 0.05) is 17.8 Å². The number of rotatable bonds is 6. The third kappa shape index (κ3) is 3.38. The van der Waals surface area contributed by atoms with Crippen molar-refractivity contribution >= 4 is 17.7 Å². The second-order valence-corrected chi connectivity index (χ2v) is 6.67. The second-order valence-electron chi connectivity index (χ2n) is 5.40. The maximum atomic E-state index is 12.1. The third-order valence-electron chi connectivity index (χ3n) is 4.30. The molecule has 0 aromatic heterocycles. The molecule has 1 aliphatic carbocycles. The highest BCUT2D eigenvalue weighted by Gasteiger charge is 2.36. The first-order chi connectivity index (χ1) is 8.02. The Bertz CT molecular complexity index is 258. The Balaban J connectivity index is 2.52. The molecule has 0 aromatic rings. The standard InChI is InChI=1S/C13H26N2OS/c1-4-12(2,9-14)11(16)15-10-13(17-3)7-5-6-8-13/h4-10,14H2,1-3H3,(H,15,16). The quantitative estimate of drug-likeness (QED) is 0.767. The molecule has 4 heteroatoms. The van der Waals surface area contributed by atoms with Crippen molar-refractivity contribution in [3.63, 3.8) is 0 Å². The molecule has 0 aliphatic heterocycles. The predicted molar refractivity (Wildman–Crippen MR) is 75.2 cm³/mol. The Morgan fingerprint density at radius 2 is 2.06 bits per heavy atom. The zero-order valence-corrected chi connectivity index (χ0v) is 12.2. The third-order valence-corrected chi connectivity index (χ3v) is 5.72. The molecule has 0 bridgehead atoms. The second kappa shape index (κ2) is 6.10. The molecule has 1 atom stereocenters. The van der Waals surface area contributed by atoms with E-state index in [1.165, 1.54) is 25.7 Å². The average Bonchev–Trinajstić information content (AvgIpc) is 2.84. The average molecular weight is 258 g/mol. The number of amides is 1. The summed E-state index contributed by atoms with van der Waals surface area (Å²) in [4.78, 5) is 12.1. The Morgan fingerprint density at radius 3 is 2.47 bits per heavy atom. The predicted octanol–water partition coefficient (Wildman–Crippen LogP) is 2.15. The Kier molecular flexibility index (Phi) is 5.32. The van der Waals surface area contributed by atoms with Gasteiger partial charge in [0.1, 0.15) is 0 Å². The van der Waals surface area contributed by atoms with Crippen LogP contribution < -0.4 is 11.1 Å². The van der Waals surface area contributed by atoms with Crippen LogP contribution in [0.25, 0.3) is 0 Å². The van der Waals surface area contributed by atoms with Crippen molar-refractivity contribution in [3.8, 4) is 0 Å². The fraction of sp³-hybridized carbons (Fsp3) is 0.923. The zero-order chi connectivity index (χ0) is 12.9. The lowest BCUT2D eigenvalue weighted by Crippen LogP contribution is -2.47. The summed E-state index contributed by atoms with van der Waals surface area (Å²) in [5, 5.41) is 3.12. The van der Waals surface area contributed by atoms with Gasteiger partial charge in [-0.25, -0.2) is 0 Å². The number of carbonyl (C=O) groups excluding carboxylic acids is 1. The SMILES string of the molecule is CCC(C)(CN)C(=O)NCC1(SC)CCCC1. The van der Waals surface area contributed by atoms with Gasteiger partial charge in [-0.05, 0) is 32.4 Å². The van der Waals surface area contributed by atoms with Gasteiger partial charge in [-0.1, -0.05) is 19.8 Å². The monoisotopic (exact) mass is 258 g/mol. The number of carbonyl (C=O) groups is 1. The smallest absolute Gasteiger partial charge is 0.227 e. The highest BCUT2D eigenvalue weighted by Crippen LogP contribution is 2.39. The van der Waals surface area contributed by atoms with Gasteiger partial charge < -0.3 is 11.1 Å². The van der Waals surface area contributed by atoms with Crippen LogP contribution in [-0.2, 0) is 4.79 Å². The topological polar surface area (TPSA) is 55.1 Å². The summed E-state index contributed by atoms with van der Waals surface area (Å²) < 4.78 is 0.277. The first kappa shape index (κ1) is 14.8. The van der Waals surface area contributed by atoms with Gasteiger partial charge in [0.2, 0.25) is 5.91 Å². The molecule has 1 aliphatic rings. The van der Waals surface area contributed by atoms with E-state index in [2.05, 4.69) is 11.6 Å². The summed E-state index contributed by atoms with van der Waals surface area (Å²) in [5.41, 5.74) is 5.30. The molecule has 1 fully saturated rings. The number of hydrogen-bond acceptors (Lipinski definition) is 3. The van der Waals surface area contributed by atoms with E-state index in [1.54, 1.807) is 0 Å². The van der Waals surface area contributed by atoms with Gasteiger partial charge in [0.15, 0.2) is 0 Å². The molecule has 17 heavy (non-hydrogen) atoms. The molecule has 3 N–H and O–H groups in total. The minimum Gasteiger partial charge on any atom is -0.354 e. The summed E-state index contributed by atoms with van der Waals surface area (Å²) in [5.74, 6) is 0.114. The molecule has 0 aromatic carbocycles. The summed E-state index contributed by atoms with van der Waals surface area (Å²) in [6.07, 6.45) is 7.97. The van der Waals surface area contributed by atoms with E-state index in [1.807, 2.05) is 25.6 Å². The maximum Gasteiger partial charge on any atom is 0.227 e. The van der Waals surface area contributed by atoms with Crippen molar-refractivity contribution in [2.45, 2.75) is 50.7 Å². The van der Waals surface area contributed by atoms with Crippen molar-refractivity contribution in [2.75, 3.05) is 19.3 Å². The summed E-state index contributed by atoms with van der Waals surface area (Å²) in [7, 11) is 0. The highest BCUT2D eigenvalue weighted by atomic mass is 32.2. The first-order valence-electron chi connectivity index (χ1n) is 6.55. The number of nitrogens with one attached hydrogen (secondary N) is 1. The van der Waals surface area contributed by atoms with Crippen LogP contribution in [0.2, 0.25) is 0 Å². The van der Waals surface area contributed by atoms with Crippen molar-refractivity contribution < 1.29 is 4.79 Å². The Morgan fingerprint density at radius 1 is 1.47 bits per heavy atom. The van der Waals surface area contributed by atoms with Gasteiger partial charge in [0.05, 0.1) is 5.41 Å². The van der Waals surface area contributed by atoms with E-state index < -0.39 is 5.41 Å². The molecule has 3 nitrogen and oxygen atoms in total. The van der Waals surface area contributed by atoms with Crippen LogP contribution in [0.15, 0.2) is 0 Å². The Hall–Kier alpha value is -0.220. The minimum atomic E-state index is -0.405. The fourth-order valence-corrected chi connectivity index (χ4v) is 3.24. The van der Waals surface area contributed by atoms with Crippen molar-refractivity contribution in [1.82, 2.24) is 5.32 Å². The van der Waals surface area contributed by atoms with Crippen LogP contribution in [0, 0.1) is 5.41 Å². The van der Waals surface area contributed by atoms with E-state index in [9.17, 15) is 4.79 Å². The lowest BCUT2D eigenvalue weighted by molar-refractivity contribution is -0.130. The van der Waals surface area contributed by atoms with Crippen molar-refractivity contribution in [1.29, 1.82) is 0 Å². The molecule has 1 unspecified atom stereocenters.